The minimum absolute atomic E-state index is 0.244. The van der Waals surface area contributed by atoms with Crippen LogP contribution >= 0.6 is 21.6 Å². The first-order chi connectivity index (χ1) is 13.7. The first-order valence-corrected chi connectivity index (χ1v) is 12.5. The molecule has 0 amide bonds. The first kappa shape index (κ1) is 26.5. The van der Waals surface area contributed by atoms with E-state index in [0.717, 1.165) is 43.1 Å². The fourth-order valence-corrected chi connectivity index (χ4v) is 4.23. The van der Waals surface area contributed by atoms with Crippen LogP contribution in [0.3, 0.4) is 0 Å². The van der Waals surface area contributed by atoms with E-state index in [0.29, 0.717) is 19.8 Å². The second-order valence-corrected chi connectivity index (χ2v) is 10.4. The predicted molar refractivity (Wildman–Crippen MR) is 123 cm³/mol. The van der Waals surface area contributed by atoms with E-state index in [1.165, 1.54) is 7.11 Å². The largest absolute Gasteiger partial charge is 0.469 e. The van der Waals surface area contributed by atoms with Crippen molar-refractivity contribution in [1.29, 1.82) is 0 Å². The van der Waals surface area contributed by atoms with Gasteiger partial charge in [0.05, 0.1) is 44.6 Å². The molecule has 0 aromatic carbocycles. The summed E-state index contributed by atoms with van der Waals surface area (Å²) in [6.45, 7) is 10.5. The van der Waals surface area contributed by atoms with Crippen LogP contribution in [-0.2, 0) is 23.7 Å². The van der Waals surface area contributed by atoms with E-state index in [1.807, 2.05) is 20.1 Å². The van der Waals surface area contributed by atoms with Crippen LogP contribution in [0, 0.1) is 0 Å². The lowest BCUT2D eigenvalue weighted by Gasteiger charge is -2.29. The van der Waals surface area contributed by atoms with Crippen molar-refractivity contribution in [2.45, 2.75) is 71.0 Å². The Balaban J connectivity index is 2.05. The van der Waals surface area contributed by atoms with E-state index in [9.17, 15) is 4.79 Å². The molecule has 0 spiro atoms. The number of carbonyl (C=O) groups is 1. The van der Waals surface area contributed by atoms with Crippen LogP contribution in [0.2, 0.25) is 0 Å². The topological polar surface area (TPSA) is 66.4 Å². The average molecular weight is 448 g/mol. The van der Waals surface area contributed by atoms with Gasteiger partial charge in [-0.25, -0.2) is 0 Å². The van der Waals surface area contributed by atoms with Gasteiger partial charge in [0, 0.05) is 18.6 Å². The molecule has 0 N–H and O–H groups in total. The third kappa shape index (κ3) is 14.2. The first-order valence-electron chi connectivity index (χ1n) is 10.2. The molecule has 1 heterocycles. The Hall–Kier alpha value is -0.540. The normalized spacial score (nSPS) is 14.7. The molecule has 0 atom stereocenters. The Bertz CT molecular complexity index is 535. The second kappa shape index (κ2) is 14.5. The smallest absolute Gasteiger partial charge is 0.307 e. The molecular weight excluding hydrogens is 410 g/mol. The van der Waals surface area contributed by atoms with Crippen molar-refractivity contribution in [2.24, 2.45) is 4.99 Å². The van der Waals surface area contributed by atoms with Gasteiger partial charge in [-0.2, -0.15) is 0 Å². The van der Waals surface area contributed by atoms with E-state index in [4.69, 9.17) is 14.2 Å². The number of ether oxygens (including phenoxy) is 4. The summed E-state index contributed by atoms with van der Waals surface area (Å²) in [5.41, 5.74) is -0.584. The number of nitrogens with zero attached hydrogens (tertiary/aromatic N) is 1. The lowest BCUT2D eigenvalue weighted by molar-refractivity contribution is -0.143. The number of hydrogen-bond acceptors (Lipinski definition) is 8. The van der Waals surface area contributed by atoms with Crippen molar-refractivity contribution in [1.82, 2.24) is 0 Å². The summed E-state index contributed by atoms with van der Waals surface area (Å²) < 4.78 is 22.2. The minimum atomic E-state index is -0.340. The van der Waals surface area contributed by atoms with Gasteiger partial charge in [-0.3, -0.25) is 9.79 Å². The zero-order valence-electron chi connectivity index (χ0n) is 18.5. The second-order valence-electron chi connectivity index (χ2n) is 7.99. The van der Waals surface area contributed by atoms with Gasteiger partial charge in [-0.05, 0) is 64.2 Å². The highest BCUT2D eigenvalue weighted by Crippen LogP contribution is 2.32. The summed E-state index contributed by atoms with van der Waals surface area (Å²) in [5, 5.41) is 1.10. The zero-order valence-corrected chi connectivity index (χ0v) is 20.2. The molecule has 0 unspecified atom stereocenters. The maximum Gasteiger partial charge on any atom is 0.307 e. The predicted octanol–water partition coefficient (Wildman–Crippen LogP) is 5.02. The minimum Gasteiger partial charge on any atom is -0.469 e. The van der Waals surface area contributed by atoms with Gasteiger partial charge < -0.3 is 18.9 Å². The summed E-state index contributed by atoms with van der Waals surface area (Å²) in [7, 11) is 4.88. The molecule has 1 aliphatic heterocycles. The number of rotatable bonds is 16. The molecule has 0 aliphatic carbocycles. The lowest BCUT2D eigenvalue weighted by Crippen LogP contribution is -2.32. The molecule has 8 heteroatoms. The summed E-state index contributed by atoms with van der Waals surface area (Å²) in [4.78, 5) is 15.5. The number of hydrogen-bond donors (Lipinski definition) is 0. The van der Waals surface area contributed by atoms with Crippen molar-refractivity contribution < 1.29 is 23.7 Å². The van der Waals surface area contributed by atoms with Crippen molar-refractivity contribution >= 4 is 33.8 Å². The molecule has 168 valence electrons. The van der Waals surface area contributed by atoms with Crippen molar-refractivity contribution in [3.05, 3.63) is 11.1 Å². The van der Waals surface area contributed by atoms with E-state index in [1.54, 1.807) is 21.6 Å². The van der Waals surface area contributed by atoms with Crippen LogP contribution in [0.15, 0.2) is 16.1 Å². The van der Waals surface area contributed by atoms with Gasteiger partial charge in [0.2, 0.25) is 0 Å². The molecule has 6 nitrogen and oxygen atoms in total. The van der Waals surface area contributed by atoms with Crippen LogP contribution in [0.25, 0.3) is 0 Å². The summed E-state index contributed by atoms with van der Waals surface area (Å²) in [5.74, 6) is 0.686. The quantitative estimate of drug-likeness (QED) is 0.187. The van der Waals surface area contributed by atoms with Crippen molar-refractivity contribution in [3.63, 3.8) is 0 Å². The molecule has 0 radical (unpaired) electrons. The number of methoxy groups -OCH3 is 1. The standard InChI is InChI=1S/C21H37NO5S2/c1-20(2,27-15-11-21(3,4)26-13-9-19(23)24-5)10-14-25-16-17-28-29-18-8-6-7-12-22-18/h8,12H,6-7,9-11,13-17H2,1-5H3. The SMILES string of the molecule is COC(=O)CCOC(C)(C)CCOC(C)(C)CCOCCSSC1=CCCC=N1. The van der Waals surface area contributed by atoms with Crippen LogP contribution in [-0.4, -0.2) is 62.7 Å². The highest BCUT2D eigenvalue weighted by molar-refractivity contribution is 8.78. The van der Waals surface area contributed by atoms with E-state index < -0.39 is 0 Å². The summed E-state index contributed by atoms with van der Waals surface area (Å²) in [6, 6.07) is 0. The average Bonchev–Trinajstić information content (AvgIpc) is 2.67. The van der Waals surface area contributed by atoms with Crippen molar-refractivity contribution in [2.75, 3.05) is 39.3 Å². The Morgan fingerprint density at radius 3 is 2.38 bits per heavy atom. The molecule has 0 saturated carbocycles. The Kier molecular flexibility index (Phi) is 13.2. The van der Waals surface area contributed by atoms with E-state index >= 15 is 0 Å². The highest BCUT2D eigenvalue weighted by atomic mass is 33.1. The maximum absolute atomic E-state index is 11.1. The Labute approximate surface area is 183 Å². The van der Waals surface area contributed by atoms with Crippen LogP contribution < -0.4 is 0 Å². The summed E-state index contributed by atoms with van der Waals surface area (Å²) >= 11 is 0. The van der Waals surface area contributed by atoms with Gasteiger partial charge in [-0.15, -0.1) is 0 Å². The third-order valence-corrected chi connectivity index (χ3v) is 6.62. The fourth-order valence-electron chi connectivity index (χ4n) is 2.39. The Morgan fingerprint density at radius 2 is 1.72 bits per heavy atom. The molecule has 1 rings (SSSR count). The van der Waals surface area contributed by atoms with Gasteiger partial charge in [0.15, 0.2) is 0 Å². The Morgan fingerprint density at radius 1 is 1.03 bits per heavy atom. The van der Waals surface area contributed by atoms with Crippen LogP contribution in [0.4, 0.5) is 0 Å². The van der Waals surface area contributed by atoms with E-state index in [2.05, 4.69) is 29.7 Å². The van der Waals surface area contributed by atoms with Gasteiger partial charge in [-0.1, -0.05) is 16.9 Å². The molecule has 0 aromatic rings. The fraction of sp³-hybridized carbons (Fsp3) is 0.810. The van der Waals surface area contributed by atoms with Crippen LogP contribution in [0.1, 0.15) is 59.8 Å². The van der Waals surface area contributed by atoms with Gasteiger partial charge in [0.1, 0.15) is 5.03 Å². The number of esters is 1. The maximum atomic E-state index is 11.1. The summed E-state index contributed by atoms with van der Waals surface area (Å²) in [6.07, 6.45) is 8.17. The monoisotopic (exact) mass is 447 g/mol. The lowest BCUT2D eigenvalue weighted by atomic mass is 10.0. The third-order valence-electron chi connectivity index (χ3n) is 4.36. The molecule has 1 aliphatic rings. The highest BCUT2D eigenvalue weighted by Gasteiger charge is 2.23. The molecule has 0 aromatic heterocycles. The van der Waals surface area contributed by atoms with E-state index in [-0.39, 0.29) is 23.6 Å². The zero-order chi connectivity index (χ0) is 21.6. The van der Waals surface area contributed by atoms with Gasteiger partial charge in [0.25, 0.3) is 0 Å². The molecule has 29 heavy (non-hydrogen) atoms. The number of aliphatic imine (C=N–C) groups is 1. The molecule has 0 fully saturated rings. The molecule has 0 saturated heterocycles. The molecular formula is C21H37NO5S2. The van der Waals surface area contributed by atoms with Gasteiger partial charge >= 0.3 is 5.97 Å². The van der Waals surface area contributed by atoms with Crippen molar-refractivity contribution in [3.8, 4) is 0 Å². The number of allylic oxidation sites excluding steroid dienone is 1. The molecule has 0 bridgehead atoms. The van der Waals surface area contributed by atoms with Crippen LogP contribution in [0.5, 0.6) is 0 Å². The number of carbonyl (C=O) groups excluding carboxylic acids is 1.